The van der Waals surface area contributed by atoms with Crippen molar-refractivity contribution in [3.05, 3.63) is 59.7 Å². The maximum atomic E-state index is 13.7. The van der Waals surface area contributed by atoms with Gasteiger partial charge in [0.25, 0.3) is 5.91 Å². The van der Waals surface area contributed by atoms with Crippen LogP contribution in [0.2, 0.25) is 0 Å². The summed E-state index contributed by atoms with van der Waals surface area (Å²) in [5, 5.41) is 2.78. The number of methoxy groups -OCH3 is 1. The number of hydrogen-bond acceptors (Lipinski definition) is 5. The van der Waals surface area contributed by atoms with Gasteiger partial charge in [-0.1, -0.05) is 12.1 Å². The van der Waals surface area contributed by atoms with Crippen LogP contribution in [0.5, 0.6) is 0 Å². The lowest BCUT2D eigenvalue weighted by molar-refractivity contribution is -0.119. The molecule has 2 amide bonds. The Kier molecular flexibility index (Phi) is 7.54. The molecule has 1 aliphatic heterocycles. The number of nitrogens with zero attached hydrogens (tertiary/aromatic N) is 3. The second-order valence-electron chi connectivity index (χ2n) is 8.35. The fourth-order valence-electron chi connectivity index (χ4n) is 4.24. The van der Waals surface area contributed by atoms with Crippen molar-refractivity contribution in [2.24, 2.45) is 0 Å². The van der Waals surface area contributed by atoms with Crippen LogP contribution in [0.1, 0.15) is 35.7 Å². The molecule has 1 aromatic heterocycles. The van der Waals surface area contributed by atoms with E-state index in [0.29, 0.717) is 48.5 Å². The zero-order valence-electron chi connectivity index (χ0n) is 19.4. The van der Waals surface area contributed by atoms with Crippen LogP contribution < -0.4 is 5.32 Å². The van der Waals surface area contributed by atoms with Gasteiger partial charge in [-0.25, -0.2) is 9.37 Å². The molecule has 1 saturated heterocycles. The number of likely N-dealkylation sites (N-methyl/N-ethyl adjacent to an activating group) is 1. The third-order valence-electron chi connectivity index (χ3n) is 5.89. The maximum absolute atomic E-state index is 13.7. The quantitative estimate of drug-likeness (QED) is 0.520. The first-order valence-corrected chi connectivity index (χ1v) is 11.4. The van der Waals surface area contributed by atoms with Gasteiger partial charge in [-0.15, -0.1) is 0 Å². The van der Waals surface area contributed by atoms with Crippen LogP contribution in [0.15, 0.2) is 42.7 Å². The molecule has 0 unspecified atom stereocenters. The molecular formula is C25H29FN4O4. The molecule has 3 aromatic rings. The molecule has 2 heterocycles. The SMILES string of the molecule is CCN(C[C@@H]1CCCO1)C(=O)c1cc(NC(=O)COC)cc2ncn(Cc3ccc(F)cc3)c12. The summed E-state index contributed by atoms with van der Waals surface area (Å²) in [7, 11) is 1.44. The first-order valence-electron chi connectivity index (χ1n) is 11.4. The molecule has 2 aromatic carbocycles. The summed E-state index contributed by atoms with van der Waals surface area (Å²) in [4.78, 5) is 32.1. The lowest BCUT2D eigenvalue weighted by atomic mass is 10.1. The number of imidazole rings is 1. The highest BCUT2D eigenvalue weighted by Gasteiger charge is 2.25. The minimum atomic E-state index is -0.322. The van der Waals surface area contributed by atoms with Crippen LogP contribution in [0.4, 0.5) is 10.1 Å². The molecule has 8 nitrogen and oxygen atoms in total. The zero-order valence-corrected chi connectivity index (χ0v) is 19.4. The molecule has 4 rings (SSSR count). The number of ether oxygens (including phenoxy) is 2. The van der Waals surface area contributed by atoms with Crippen LogP contribution in [0.25, 0.3) is 11.0 Å². The number of amides is 2. The number of benzene rings is 2. The summed E-state index contributed by atoms with van der Waals surface area (Å²) in [6, 6.07) is 9.64. The van der Waals surface area contributed by atoms with Crippen molar-refractivity contribution in [3.63, 3.8) is 0 Å². The molecular weight excluding hydrogens is 439 g/mol. The van der Waals surface area contributed by atoms with Gasteiger partial charge in [-0.05, 0) is 49.6 Å². The molecule has 0 spiro atoms. The van der Waals surface area contributed by atoms with Crippen molar-refractivity contribution >= 4 is 28.5 Å². The van der Waals surface area contributed by atoms with Crippen molar-refractivity contribution in [1.82, 2.24) is 14.5 Å². The predicted octanol–water partition coefficient (Wildman–Crippen LogP) is 3.45. The Morgan fingerprint density at radius 1 is 1.29 bits per heavy atom. The number of aromatic nitrogens is 2. The molecule has 9 heteroatoms. The van der Waals surface area contributed by atoms with E-state index in [1.165, 1.54) is 19.2 Å². The van der Waals surface area contributed by atoms with Gasteiger partial charge < -0.3 is 24.3 Å². The molecule has 0 saturated carbocycles. The molecule has 0 radical (unpaired) electrons. The van der Waals surface area contributed by atoms with Crippen molar-refractivity contribution in [1.29, 1.82) is 0 Å². The average Bonchev–Trinajstić information content (AvgIpc) is 3.48. The Morgan fingerprint density at radius 3 is 2.76 bits per heavy atom. The van der Waals surface area contributed by atoms with E-state index in [9.17, 15) is 14.0 Å². The Hall–Kier alpha value is -3.30. The number of nitrogens with one attached hydrogen (secondary N) is 1. The molecule has 1 fully saturated rings. The first-order chi connectivity index (χ1) is 16.5. The summed E-state index contributed by atoms with van der Waals surface area (Å²) in [6.07, 6.45) is 3.59. The zero-order chi connectivity index (χ0) is 24.1. The highest BCUT2D eigenvalue weighted by atomic mass is 19.1. The van der Waals surface area contributed by atoms with Crippen molar-refractivity contribution < 1.29 is 23.5 Å². The maximum Gasteiger partial charge on any atom is 0.256 e. The summed E-state index contributed by atoms with van der Waals surface area (Å²) in [5.74, 6) is -0.788. The normalized spacial score (nSPS) is 15.6. The number of hydrogen-bond donors (Lipinski definition) is 1. The Morgan fingerprint density at radius 2 is 2.09 bits per heavy atom. The van der Waals surface area contributed by atoms with Crippen LogP contribution in [0.3, 0.4) is 0 Å². The number of halogens is 1. The number of carbonyl (C=O) groups is 2. The molecule has 1 aliphatic rings. The number of carbonyl (C=O) groups excluding carboxylic acids is 2. The predicted molar refractivity (Wildman–Crippen MR) is 126 cm³/mol. The van der Waals surface area contributed by atoms with Crippen LogP contribution in [-0.2, 0) is 20.8 Å². The summed E-state index contributed by atoms with van der Waals surface area (Å²) in [6.45, 7) is 4.00. The van der Waals surface area contributed by atoms with E-state index >= 15 is 0 Å². The fraction of sp³-hybridized carbons (Fsp3) is 0.400. The van der Waals surface area contributed by atoms with E-state index in [1.807, 2.05) is 11.5 Å². The topological polar surface area (TPSA) is 85.7 Å². The second-order valence-corrected chi connectivity index (χ2v) is 8.35. The van der Waals surface area contributed by atoms with Gasteiger partial charge >= 0.3 is 0 Å². The van der Waals surface area contributed by atoms with Gasteiger partial charge in [0, 0.05) is 39.0 Å². The molecule has 34 heavy (non-hydrogen) atoms. The van der Waals surface area contributed by atoms with E-state index in [0.717, 1.165) is 18.4 Å². The highest BCUT2D eigenvalue weighted by molar-refractivity contribution is 6.07. The van der Waals surface area contributed by atoms with Gasteiger partial charge in [0.15, 0.2) is 0 Å². The number of rotatable bonds is 9. The van der Waals surface area contributed by atoms with Gasteiger partial charge in [-0.3, -0.25) is 9.59 Å². The number of anilines is 1. The summed E-state index contributed by atoms with van der Waals surface area (Å²) >= 11 is 0. The van der Waals surface area contributed by atoms with E-state index in [-0.39, 0.29) is 30.3 Å². The minimum absolute atomic E-state index is 0.0214. The molecule has 0 bridgehead atoms. The average molecular weight is 469 g/mol. The number of fused-ring (bicyclic) bond motifs is 1. The van der Waals surface area contributed by atoms with Crippen LogP contribution in [0, 0.1) is 5.82 Å². The lowest BCUT2D eigenvalue weighted by Gasteiger charge is -2.25. The highest BCUT2D eigenvalue weighted by Crippen LogP contribution is 2.26. The van der Waals surface area contributed by atoms with Crippen molar-refractivity contribution in [2.75, 3.05) is 38.7 Å². The van der Waals surface area contributed by atoms with Gasteiger partial charge in [-0.2, -0.15) is 0 Å². The lowest BCUT2D eigenvalue weighted by Crippen LogP contribution is -2.37. The molecule has 180 valence electrons. The Balaban J connectivity index is 1.72. The Labute approximate surface area is 197 Å². The van der Waals surface area contributed by atoms with E-state index < -0.39 is 0 Å². The fourth-order valence-corrected chi connectivity index (χ4v) is 4.24. The van der Waals surface area contributed by atoms with Gasteiger partial charge in [0.1, 0.15) is 12.4 Å². The van der Waals surface area contributed by atoms with E-state index in [2.05, 4.69) is 10.3 Å². The second kappa shape index (κ2) is 10.8. The largest absolute Gasteiger partial charge is 0.376 e. The van der Waals surface area contributed by atoms with Gasteiger partial charge in [0.2, 0.25) is 5.91 Å². The minimum Gasteiger partial charge on any atom is -0.376 e. The van der Waals surface area contributed by atoms with Crippen molar-refractivity contribution in [3.8, 4) is 0 Å². The Bertz CT molecular complexity index is 1160. The smallest absolute Gasteiger partial charge is 0.256 e. The summed E-state index contributed by atoms with van der Waals surface area (Å²) < 4.78 is 25.9. The van der Waals surface area contributed by atoms with Crippen LogP contribution >= 0.6 is 0 Å². The first kappa shape index (κ1) is 23.8. The van der Waals surface area contributed by atoms with Gasteiger partial charge in [0.05, 0.1) is 29.0 Å². The molecule has 0 aliphatic carbocycles. The van der Waals surface area contributed by atoms with Crippen molar-refractivity contribution in [2.45, 2.75) is 32.4 Å². The van der Waals surface area contributed by atoms with E-state index in [1.54, 1.807) is 35.5 Å². The van der Waals surface area contributed by atoms with Crippen LogP contribution in [-0.4, -0.2) is 65.8 Å². The molecule has 1 atom stereocenters. The third-order valence-corrected chi connectivity index (χ3v) is 5.89. The molecule has 1 N–H and O–H groups in total. The standard InChI is InChI=1S/C25H29FN4O4/c1-3-29(14-20-5-4-10-34-20)25(32)21-11-19(28-23(31)15-33-2)12-22-24(21)30(16-27-22)13-17-6-8-18(26)9-7-17/h6-9,11-12,16,20H,3-5,10,13-15H2,1-2H3,(H,28,31)/t20-/m0/s1. The monoisotopic (exact) mass is 468 g/mol. The third kappa shape index (κ3) is 5.43. The summed E-state index contributed by atoms with van der Waals surface area (Å²) in [5.41, 5.74) is 3.02. The van der Waals surface area contributed by atoms with E-state index in [4.69, 9.17) is 9.47 Å².